The van der Waals surface area contributed by atoms with E-state index in [0.29, 0.717) is 37.6 Å². The molecule has 0 amide bonds. The van der Waals surface area contributed by atoms with Crippen LogP contribution in [0.15, 0.2) is 48.9 Å². The van der Waals surface area contributed by atoms with Gasteiger partial charge in [-0.2, -0.15) is 13.2 Å². The Morgan fingerprint density at radius 2 is 1.86 bits per heavy atom. The van der Waals surface area contributed by atoms with Crippen LogP contribution in [0.4, 0.5) is 19.0 Å². The fourth-order valence-corrected chi connectivity index (χ4v) is 3.04. The lowest BCUT2D eigenvalue weighted by atomic mass is 10.0. The highest BCUT2D eigenvalue weighted by atomic mass is 19.4. The summed E-state index contributed by atoms with van der Waals surface area (Å²) in [5, 5.41) is 10.7. The van der Waals surface area contributed by atoms with Crippen LogP contribution in [0.25, 0.3) is 0 Å². The average molecular weight is 392 g/mol. The molecule has 1 fully saturated rings. The van der Waals surface area contributed by atoms with Crippen LogP contribution in [-0.2, 0) is 11.0 Å². The molecule has 3 rings (SSSR count). The van der Waals surface area contributed by atoms with Crippen LogP contribution in [0.1, 0.15) is 22.9 Å². The Morgan fingerprint density at radius 1 is 1.11 bits per heavy atom. The van der Waals surface area contributed by atoms with Crippen molar-refractivity contribution in [3.05, 3.63) is 65.8 Å². The van der Waals surface area contributed by atoms with Gasteiger partial charge in [-0.05, 0) is 18.2 Å². The van der Waals surface area contributed by atoms with Crippen molar-refractivity contribution in [1.82, 2.24) is 14.9 Å². The van der Waals surface area contributed by atoms with E-state index in [-0.39, 0.29) is 5.56 Å². The number of aromatic nitrogens is 2. The highest BCUT2D eigenvalue weighted by Gasteiger charge is 2.32. The van der Waals surface area contributed by atoms with E-state index in [1.54, 1.807) is 24.5 Å². The summed E-state index contributed by atoms with van der Waals surface area (Å²) < 4.78 is 38.1. The number of alkyl halides is 3. The van der Waals surface area contributed by atoms with Gasteiger partial charge in [0.1, 0.15) is 23.9 Å². The number of piperazine rings is 1. The zero-order valence-corrected chi connectivity index (χ0v) is 14.9. The standard InChI is InChI=1S/C19H19F3N4O2/c20-19(21,22)16-5-4-14(13-24-16)17(28)15-3-1-6-23-18(15)26-10-8-25(9-11-26)7-2-12-27/h1-7,12-13,17,28H,8-11H2/t17-/m1/s1. The fourth-order valence-electron chi connectivity index (χ4n) is 3.04. The number of hydrogen-bond acceptors (Lipinski definition) is 6. The van der Waals surface area contributed by atoms with E-state index in [4.69, 9.17) is 0 Å². The summed E-state index contributed by atoms with van der Waals surface area (Å²) in [7, 11) is 0. The molecule has 0 spiro atoms. The Morgan fingerprint density at radius 3 is 2.46 bits per heavy atom. The van der Waals surface area contributed by atoms with Gasteiger partial charge in [0.25, 0.3) is 0 Å². The summed E-state index contributed by atoms with van der Waals surface area (Å²) in [6, 6.07) is 5.44. The number of rotatable bonds is 5. The molecule has 1 atom stereocenters. The van der Waals surface area contributed by atoms with Gasteiger partial charge in [-0.15, -0.1) is 0 Å². The summed E-state index contributed by atoms with van der Waals surface area (Å²) in [4.78, 5) is 22.2. The molecule has 0 aliphatic carbocycles. The molecule has 9 heteroatoms. The zero-order chi connectivity index (χ0) is 20.1. The molecule has 1 saturated heterocycles. The number of carbonyl (C=O) groups excluding carboxylic acids is 1. The second-order valence-corrected chi connectivity index (χ2v) is 6.29. The van der Waals surface area contributed by atoms with Crippen LogP contribution in [0.5, 0.6) is 0 Å². The number of aliphatic hydroxyl groups is 1. The topological polar surface area (TPSA) is 69.6 Å². The molecule has 3 heterocycles. The van der Waals surface area contributed by atoms with Crippen LogP contribution >= 0.6 is 0 Å². The molecular weight excluding hydrogens is 373 g/mol. The molecular formula is C19H19F3N4O2. The van der Waals surface area contributed by atoms with Crippen molar-refractivity contribution in [1.29, 1.82) is 0 Å². The first-order valence-electron chi connectivity index (χ1n) is 8.67. The van der Waals surface area contributed by atoms with Gasteiger partial charge >= 0.3 is 6.18 Å². The van der Waals surface area contributed by atoms with Crippen LogP contribution in [-0.4, -0.2) is 52.4 Å². The minimum atomic E-state index is -4.53. The van der Waals surface area contributed by atoms with Crippen molar-refractivity contribution in [3.63, 3.8) is 0 Å². The van der Waals surface area contributed by atoms with Crippen molar-refractivity contribution in [2.45, 2.75) is 12.3 Å². The number of nitrogens with zero attached hydrogens (tertiary/aromatic N) is 4. The number of carbonyl (C=O) groups is 1. The van der Waals surface area contributed by atoms with Gasteiger partial charge in [0.05, 0.1) is 0 Å². The van der Waals surface area contributed by atoms with E-state index in [1.807, 2.05) is 9.80 Å². The first-order chi connectivity index (χ1) is 13.4. The molecule has 2 aromatic rings. The molecule has 1 aliphatic heterocycles. The lowest BCUT2D eigenvalue weighted by Gasteiger charge is -2.36. The Kier molecular flexibility index (Phi) is 5.93. The highest BCUT2D eigenvalue weighted by Crippen LogP contribution is 2.32. The molecule has 0 aromatic carbocycles. The second kappa shape index (κ2) is 8.39. The normalized spacial score (nSPS) is 16.4. The van der Waals surface area contributed by atoms with Crippen molar-refractivity contribution in [2.75, 3.05) is 31.1 Å². The number of allylic oxidation sites excluding steroid dienone is 1. The number of anilines is 1. The maximum Gasteiger partial charge on any atom is 0.433 e. The lowest BCUT2D eigenvalue weighted by Crippen LogP contribution is -2.44. The van der Waals surface area contributed by atoms with E-state index < -0.39 is 18.0 Å². The minimum absolute atomic E-state index is 0.259. The average Bonchev–Trinajstić information content (AvgIpc) is 2.71. The van der Waals surface area contributed by atoms with Gasteiger partial charge < -0.3 is 14.9 Å². The quantitative estimate of drug-likeness (QED) is 0.623. The Labute approximate surface area is 159 Å². The Balaban J connectivity index is 1.78. The number of halogens is 3. The summed E-state index contributed by atoms with van der Waals surface area (Å²) in [5.41, 5.74) is -0.245. The van der Waals surface area contributed by atoms with Gasteiger partial charge in [0, 0.05) is 55.9 Å². The summed E-state index contributed by atoms with van der Waals surface area (Å²) in [6.07, 6.45) is 0.849. The molecule has 6 nitrogen and oxygen atoms in total. The van der Waals surface area contributed by atoms with Crippen molar-refractivity contribution >= 4 is 12.1 Å². The maximum absolute atomic E-state index is 12.7. The van der Waals surface area contributed by atoms with Crippen LogP contribution in [0.2, 0.25) is 0 Å². The van der Waals surface area contributed by atoms with E-state index in [1.165, 1.54) is 12.1 Å². The monoisotopic (exact) mass is 392 g/mol. The third-order valence-electron chi connectivity index (χ3n) is 4.49. The second-order valence-electron chi connectivity index (χ2n) is 6.29. The van der Waals surface area contributed by atoms with Crippen LogP contribution in [0, 0.1) is 0 Å². The minimum Gasteiger partial charge on any atom is -0.383 e. The van der Waals surface area contributed by atoms with Crippen molar-refractivity contribution < 1.29 is 23.1 Å². The highest BCUT2D eigenvalue weighted by molar-refractivity contribution is 5.64. The molecule has 0 saturated carbocycles. The molecule has 1 N–H and O–H groups in total. The van der Waals surface area contributed by atoms with E-state index >= 15 is 0 Å². The SMILES string of the molecule is O=CC=CN1CCN(c2ncccc2[C@H](O)c2ccc(C(F)(F)F)nc2)CC1. The van der Waals surface area contributed by atoms with E-state index in [0.717, 1.165) is 18.5 Å². The van der Waals surface area contributed by atoms with Gasteiger partial charge in [-0.3, -0.25) is 9.78 Å². The Bertz CT molecular complexity index is 832. The predicted octanol–water partition coefficient (Wildman–Crippen LogP) is 2.41. The third kappa shape index (κ3) is 4.48. The number of aliphatic hydroxyl groups excluding tert-OH is 1. The summed E-state index contributed by atoms with van der Waals surface area (Å²) in [6.45, 7) is 2.62. The smallest absolute Gasteiger partial charge is 0.383 e. The zero-order valence-electron chi connectivity index (χ0n) is 14.9. The first kappa shape index (κ1) is 19.8. The van der Waals surface area contributed by atoms with Crippen LogP contribution in [0.3, 0.4) is 0 Å². The third-order valence-corrected chi connectivity index (χ3v) is 4.49. The molecule has 0 unspecified atom stereocenters. The first-order valence-corrected chi connectivity index (χ1v) is 8.67. The number of hydrogen-bond donors (Lipinski definition) is 1. The largest absolute Gasteiger partial charge is 0.433 e. The van der Waals surface area contributed by atoms with E-state index in [9.17, 15) is 23.1 Å². The maximum atomic E-state index is 12.7. The molecule has 2 aromatic heterocycles. The fraction of sp³-hybridized carbons (Fsp3) is 0.316. The Hall–Kier alpha value is -2.94. The van der Waals surface area contributed by atoms with Gasteiger partial charge in [0.2, 0.25) is 0 Å². The van der Waals surface area contributed by atoms with Crippen molar-refractivity contribution in [3.8, 4) is 0 Å². The molecule has 0 radical (unpaired) electrons. The van der Waals surface area contributed by atoms with Crippen LogP contribution < -0.4 is 4.90 Å². The number of aldehydes is 1. The van der Waals surface area contributed by atoms with Gasteiger partial charge in [0.15, 0.2) is 0 Å². The molecule has 0 bridgehead atoms. The molecule has 28 heavy (non-hydrogen) atoms. The van der Waals surface area contributed by atoms with E-state index in [2.05, 4.69) is 9.97 Å². The van der Waals surface area contributed by atoms with Gasteiger partial charge in [-0.25, -0.2) is 4.98 Å². The molecule has 148 valence electrons. The number of pyridine rings is 2. The summed E-state index contributed by atoms with van der Waals surface area (Å²) >= 11 is 0. The van der Waals surface area contributed by atoms with Crippen molar-refractivity contribution in [2.24, 2.45) is 0 Å². The predicted molar refractivity (Wildman–Crippen MR) is 96.5 cm³/mol. The van der Waals surface area contributed by atoms with Gasteiger partial charge in [-0.1, -0.05) is 12.1 Å². The molecule has 1 aliphatic rings. The lowest BCUT2D eigenvalue weighted by molar-refractivity contribution is -0.141. The summed E-state index contributed by atoms with van der Waals surface area (Å²) in [5.74, 6) is 0.578.